The molecule has 0 saturated carbocycles. The molecule has 1 amide bonds. The number of aromatic nitrogens is 1. The van der Waals surface area contributed by atoms with E-state index in [0.717, 1.165) is 5.69 Å². The number of amides is 1. The summed E-state index contributed by atoms with van der Waals surface area (Å²) >= 11 is 0. The van der Waals surface area contributed by atoms with E-state index in [1.54, 1.807) is 25.4 Å². The number of ether oxygens (including phenoxy) is 1. The molecule has 1 saturated heterocycles. The molecule has 7 heteroatoms. The zero-order valence-electron chi connectivity index (χ0n) is 12.1. The third-order valence-corrected chi connectivity index (χ3v) is 3.64. The van der Waals surface area contributed by atoms with Crippen molar-refractivity contribution in [1.82, 2.24) is 10.3 Å². The normalized spacial score (nSPS) is 21.0. The Morgan fingerprint density at radius 3 is 2.90 bits per heavy atom. The molecule has 2 rings (SSSR count). The van der Waals surface area contributed by atoms with Gasteiger partial charge >= 0.3 is 5.97 Å². The van der Waals surface area contributed by atoms with Gasteiger partial charge in [-0.1, -0.05) is 0 Å². The van der Waals surface area contributed by atoms with Crippen molar-refractivity contribution < 1.29 is 19.4 Å². The lowest BCUT2D eigenvalue weighted by Crippen LogP contribution is -2.43. The summed E-state index contributed by atoms with van der Waals surface area (Å²) < 4.78 is 5.32. The molecule has 2 unspecified atom stereocenters. The van der Waals surface area contributed by atoms with Crippen molar-refractivity contribution in [1.29, 1.82) is 0 Å². The summed E-state index contributed by atoms with van der Waals surface area (Å²) in [5.41, 5.74) is 1.08. The Bertz CT molecular complexity index is 535. The smallest absolute Gasteiger partial charge is 0.311 e. The minimum absolute atomic E-state index is 0.212. The number of hydrogen-bond donors (Lipinski definition) is 2. The standard InChI is InChI=1S/C14H19N3O4/c1-3-17(12-8-21-7-10(12)14(19)20)9-4-5-16-11(6-9)13(18)15-2/h4-6,10,12H,3,7-8H2,1-2H3,(H,15,18)(H,19,20). The summed E-state index contributed by atoms with van der Waals surface area (Å²) in [6.07, 6.45) is 1.55. The molecule has 0 spiro atoms. The molecule has 0 radical (unpaired) electrons. The van der Waals surface area contributed by atoms with Crippen LogP contribution >= 0.6 is 0 Å². The number of hydrogen-bond acceptors (Lipinski definition) is 5. The van der Waals surface area contributed by atoms with Crippen molar-refractivity contribution in [3.63, 3.8) is 0 Å². The Kier molecular flexibility index (Phi) is 4.74. The van der Waals surface area contributed by atoms with Gasteiger partial charge in [-0.05, 0) is 19.1 Å². The molecular formula is C14H19N3O4. The number of nitrogens with one attached hydrogen (secondary N) is 1. The second-order valence-corrected chi connectivity index (χ2v) is 4.81. The fourth-order valence-electron chi connectivity index (χ4n) is 2.54. The molecule has 7 nitrogen and oxygen atoms in total. The van der Waals surface area contributed by atoms with Gasteiger partial charge in [0.05, 0.1) is 19.3 Å². The lowest BCUT2D eigenvalue weighted by atomic mass is 10.0. The van der Waals surface area contributed by atoms with Gasteiger partial charge in [0.15, 0.2) is 0 Å². The molecule has 0 bridgehead atoms. The van der Waals surface area contributed by atoms with Crippen LogP contribution in [-0.4, -0.2) is 54.8 Å². The van der Waals surface area contributed by atoms with Crippen molar-refractivity contribution >= 4 is 17.6 Å². The number of pyridine rings is 1. The second kappa shape index (κ2) is 6.53. The Morgan fingerprint density at radius 1 is 1.52 bits per heavy atom. The zero-order valence-corrected chi connectivity index (χ0v) is 12.1. The van der Waals surface area contributed by atoms with Crippen molar-refractivity contribution in [3.8, 4) is 0 Å². The lowest BCUT2D eigenvalue weighted by Gasteiger charge is -2.31. The SMILES string of the molecule is CCN(c1ccnc(C(=O)NC)c1)C1COCC1C(=O)O. The van der Waals surface area contributed by atoms with E-state index in [1.165, 1.54) is 0 Å². The first-order valence-corrected chi connectivity index (χ1v) is 6.83. The maximum absolute atomic E-state index is 11.7. The lowest BCUT2D eigenvalue weighted by molar-refractivity contribution is -0.141. The van der Waals surface area contributed by atoms with E-state index in [9.17, 15) is 14.7 Å². The van der Waals surface area contributed by atoms with Crippen LogP contribution in [0.2, 0.25) is 0 Å². The molecule has 21 heavy (non-hydrogen) atoms. The average molecular weight is 293 g/mol. The number of nitrogens with zero attached hydrogens (tertiary/aromatic N) is 2. The minimum atomic E-state index is -0.864. The quantitative estimate of drug-likeness (QED) is 0.815. The molecular weight excluding hydrogens is 274 g/mol. The van der Waals surface area contributed by atoms with Crippen LogP contribution in [0.15, 0.2) is 18.3 Å². The van der Waals surface area contributed by atoms with Gasteiger partial charge in [-0.25, -0.2) is 0 Å². The molecule has 1 aliphatic heterocycles. The van der Waals surface area contributed by atoms with E-state index >= 15 is 0 Å². The number of carbonyl (C=O) groups excluding carboxylic acids is 1. The minimum Gasteiger partial charge on any atom is -0.481 e. The van der Waals surface area contributed by atoms with Gasteiger partial charge in [-0.2, -0.15) is 0 Å². The van der Waals surface area contributed by atoms with Crippen LogP contribution in [0.4, 0.5) is 5.69 Å². The predicted molar refractivity (Wildman–Crippen MR) is 76.4 cm³/mol. The number of carboxylic acids is 1. The molecule has 2 heterocycles. The van der Waals surface area contributed by atoms with Crippen molar-refractivity contribution in [2.75, 3.05) is 31.7 Å². The summed E-state index contributed by atoms with van der Waals surface area (Å²) in [7, 11) is 1.54. The van der Waals surface area contributed by atoms with Gasteiger partial charge in [0.1, 0.15) is 11.6 Å². The Balaban J connectivity index is 2.29. The molecule has 0 aliphatic carbocycles. The first-order chi connectivity index (χ1) is 10.1. The summed E-state index contributed by atoms with van der Waals surface area (Å²) in [5.74, 6) is -1.71. The number of rotatable bonds is 5. The fourth-order valence-corrected chi connectivity index (χ4v) is 2.54. The van der Waals surface area contributed by atoms with Crippen LogP contribution in [0, 0.1) is 5.92 Å². The molecule has 1 aromatic heterocycles. The number of likely N-dealkylation sites (N-methyl/N-ethyl adjacent to an activating group) is 1. The molecule has 114 valence electrons. The van der Waals surface area contributed by atoms with Crippen molar-refractivity contribution in [2.45, 2.75) is 13.0 Å². The topological polar surface area (TPSA) is 91.8 Å². The zero-order chi connectivity index (χ0) is 15.4. The van der Waals surface area contributed by atoms with Gasteiger partial charge < -0.3 is 20.1 Å². The Morgan fingerprint density at radius 2 is 2.29 bits per heavy atom. The first-order valence-electron chi connectivity index (χ1n) is 6.83. The van der Waals surface area contributed by atoms with Crippen LogP contribution in [0.5, 0.6) is 0 Å². The number of carbonyl (C=O) groups is 2. The number of aliphatic carboxylic acids is 1. The molecule has 0 aromatic carbocycles. The average Bonchev–Trinajstić information content (AvgIpc) is 2.97. The molecule has 1 fully saturated rings. The van der Waals surface area contributed by atoms with E-state index in [-0.39, 0.29) is 18.6 Å². The summed E-state index contributed by atoms with van der Waals surface area (Å²) in [6, 6.07) is 3.19. The molecule has 2 atom stereocenters. The number of carboxylic acid groups (broad SMARTS) is 1. The van der Waals surface area contributed by atoms with E-state index in [1.807, 2.05) is 11.8 Å². The Labute approximate surface area is 122 Å². The maximum Gasteiger partial charge on any atom is 0.311 e. The van der Waals surface area contributed by atoms with E-state index in [4.69, 9.17) is 4.74 Å². The van der Waals surface area contributed by atoms with Crippen LogP contribution in [0.25, 0.3) is 0 Å². The van der Waals surface area contributed by atoms with E-state index in [2.05, 4.69) is 10.3 Å². The largest absolute Gasteiger partial charge is 0.481 e. The van der Waals surface area contributed by atoms with Crippen LogP contribution in [0.1, 0.15) is 17.4 Å². The predicted octanol–water partition coefficient (Wildman–Crippen LogP) is 0.367. The second-order valence-electron chi connectivity index (χ2n) is 4.81. The van der Waals surface area contributed by atoms with Gasteiger partial charge in [-0.3, -0.25) is 14.6 Å². The maximum atomic E-state index is 11.7. The highest BCUT2D eigenvalue weighted by molar-refractivity contribution is 5.92. The van der Waals surface area contributed by atoms with Gasteiger partial charge in [0.25, 0.3) is 5.91 Å². The van der Waals surface area contributed by atoms with Crippen LogP contribution in [0.3, 0.4) is 0 Å². The van der Waals surface area contributed by atoms with Crippen LogP contribution < -0.4 is 10.2 Å². The van der Waals surface area contributed by atoms with Gasteiger partial charge in [-0.15, -0.1) is 0 Å². The third kappa shape index (κ3) is 3.13. The van der Waals surface area contributed by atoms with E-state index in [0.29, 0.717) is 18.8 Å². The van der Waals surface area contributed by atoms with Crippen molar-refractivity contribution in [3.05, 3.63) is 24.0 Å². The van der Waals surface area contributed by atoms with E-state index < -0.39 is 11.9 Å². The highest BCUT2D eigenvalue weighted by Gasteiger charge is 2.37. The first kappa shape index (κ1) is 15.2. The molecule has 1 aromatic rings. The summed E-state index contributed by atoms with van der Waals surface area (Å²) in [4.78, 5) is 28.9. The van der Waals surface area contributed by atoms with Gasteiger partial charge in [0.2, 0.25) is 0 Å². The summed E-state index contributed by atoms with van der Waals surface area (Å²) in [5, 5.41) is 11.8. The Hall–Kier alpha value is -2.15. The molecule has 1 aliphatic rings. The summed E-state index contributed by atoms with van der Waals surface area (Å²) in [6.45, 7) is 3.14. The third-order valence-electron chi connectivity index (χ3n) is 3.64. The van der Waals surface area contributed by atoms with Crippen molar-refractivity contribution in [2.24, 2.45) is 5.92 Å². The number of anilines is 1. The molecule has 2 N–H and O–H groups in total. The monoisotopic (exact) mass is 293 g/mol. The van der Waals surface area contributed by atoms with Crippen LogP contribution in [-0.2, 0) is 9.53 Å². The van der Waals surface area contributed by atoms with Gasteiger partial charge in [0, 0.05) is 25.5 Å². The highest BCUT2D eigenvalue weighted by atomic mass is 16.5. The fraction of sp³-hybridized carbons (Fsp3) is 0.500. The highest BCUT2D eigenvalue weighted by Crippen LogP contribution is 2.26.